The van der Waals surface area contributed by atoms with E-state index < -0.39 is 0 Å². The summed E-state index contributed by atoms with van der Waals surface area (Å²) in [7, 11) is 0. The number of piperidine rings is 1. The van der Waals surface area contributed by atoms with Crippen molar-refractivity contribution in [2.75, 3.05) is 26.2 Å². The summed E-state index contributed by atoms with van der Waals surface area (Å²) in [6.45, 7) is 6.65. The zero-order chi connectivity index (χ0) is 13.2. The molecule has 3 rings (SSSR count). The van der Waals surface area contributed by atoms with E-state index in [1.807, 2.05) is 0 Å². The van der Waals surface area contributed by atoms with Crippen molar-refractivity contribution in [2.24, 2.45) is 23.7 Å². The first kappa shape index (κ1) is 16.1. The van der Waals surface area contributed by atoms with Gasteiger partial charge in [0.25, 0.3) is 0 Å². The Balaban J connectivity index is 0.00000147. The second kappa shape index (κ2) is 7.13. The predicted molar refractivity (Wildman–Crippen MR) is 84.0 cm³/mol. The maximum atomic E-state index is 12.4. The number of carbonyl (C=O) groups excluding carboxylic acids is 1. The number of fused-ring (bicyclic) bond motifs is 1. The molecule has 116 valence electrons. The van der Waals surface area contributed by atoms with Crippen molar-refractivity contribution in [3.8, 4) is 0 Å². The summed E-state index contributed by atoms with van der Waals surface area (Å²) in [5.74, 6) is 3.33. The Morgan fingerprint density at radius 3 is 2.50 bits per heavy atom. The van der Waals surface area contributed by atoms with E-state index in [-0.39, 0.29) is 12.4 Å². The lowest BCUT2D eigenvalue weighted by Gasteiger charge is -2.29. The third-order valence-corrected chi connectivity index (χ3v) is 5.72. The van der Waals surface area contributed by atoms with Crippen molar-refractivity contribution in [1.82, 2.24) is 10.2 Å². The first-order valence-corrected chi connectivity index (χ1v) is 8.22. The predicted octanol–water partition coefficient (Wildman–Crippen LogP) is 2.69. The highest BCUT2D eigenvalue weighted by Gasteiger charge is 2.38. The fraction of sp³-hybridized carbons (Fsp3) is 0.938. The average Bonchev–Trinajstić information content (AvgIpc) is 3.00. The van der Waals surface area contributed by atoms with Gasteiger partial charge in [0.15, 0.2) is 0 Å². The highest BCUT2D eigenvalue weighted by atomic mass is 35.5. The highest BCUT2D eigenvalue weighted by Crippen LogP contribution is 2.38. The van der Waals surface area contributed by atoms with Gasteiger partial charge in [-0.3, -0.25) is 4.79 Å². The summed E-state index contributed by atoms with van der Waals surface area (Å²) in [5, 5.41) is 3.47. The Kier molecular flexibility index (Phi) is 5.74. The maximum Gasteiger partial charge on any atom is 0.222 e. The first-order chi connectivity index (χ1) is 9.24. The van der Waals surface area contributed by atoms with Crippen LogP contribution in [0.5, 0.6) is 0 Å². The van der Waals surface area contributed by atoms with E-state index in [1.54, 1.807) is 0 Å². The van der Waals surface area contributed by atoms with Gasteiger partial charge in [0.05, 0.1) is 0 Å². The largest absolute Gasteiger partial charge is 0.342 e. The van der Waals surface area contributed by atoms with Gasteiger partial charge in [0, 0.05) is 19.5 Å². The molecule has 4 heteroatoms. The topological polar surface area (TPSA) is 32.3 Å². The number of nitrogens with one attached hydrogen (secondary N) is 1. The van der Waals surface area contributed by atoms with Crippen LogP contribution in [-0.2, 0) is 4.79 Å². The molecule has 0 spiro atoms. The lowest BCUT2D eigenvalue weighted by Crippen LogP contribution is -2.36. The van der Waals surface area contributed by atoms with Crippen molar-refractivity contribution in [3.05, 3.63) is 0 Å². The minimum Gasteiger partial charge on any atom is -0.342 e. The Bertz CT molecular complexity index is 318. The van der Waals surface area contributed by atoms with Gasteiger partial charge in [-0.05, 0) is 62.4 Å². The van der Waals surface area contributed by atoms with E-state index in [2.05, 4.69) is 17.1 Å². The van der Waals surface area contributed by atoms with Crippen LogP contribution in [0, 0.1) is 23.7 Å². The SMILES string of the molecule is CC(CC(=O)N1CC2CCCC2C1)C1CCCNC1.Cl. The van der Waals surface area contributed by atoms with Gasteiger partial charge in [-0.2, -0.15) is 0 Å². The summed E-state index contributed by atoms with van der Waals surface area (Å²) < 4.78 is 0. The molecule has 1 N–H and O–H groups in total. The van der Waals surface area contributed by atoms with E-state index in [4.69, 9.17) is 0 Å². The molecule has 4 atom stereocenters. The van der Waals surface area contributed by atoms with Crippen molar-refractivity contribution < 1.29 is 4.79 Å². The molecule has 0 aromatic carbocycles. The average molecular weight is 301 g/mol. The molecule has 2 aliphatic heterocycles. The fourth-order valence-corrected chi connectivity index (χ4v) is 4.37. The molecule has 3 fully saturated rings. The third-order valence-electron chi connectivity index (χ3n) is 5.72. The molecule has 4 unspecified atom stereocenters. The van der Waals surface area contributed by atoms with Gasteiger partial charge >= 0.3 is 0 Å². The van der Waals surface area contributed by atoms with Gasteiger partial charge < -0.3 is 10.2 Å². The third kappa shape index (κ3) is 3.48. The van der Waals surface area contributed by atoms with E-state index in [0.29, 0.717) is 17.7 Å². The first-order valence-electron chi connectivity index (χ1n) is 8.22. The lowest BCUT2D eigenvalue weighted by molar-refractivity contribution is -0.131. The Morgan fingerprint density at radius 2 is 1.90 bits per heavy atom. The van der Waals surface area contributed by atoms with E-state index in [1.165, 1.54) is 32.1 Å². The summed E-state index contributed by atoms with van der Waals surface area (Å²) in [6.07, 6.45) is 7.45. The van der Waals surface area contributed by atoms with Crippen LogP contribution in [0.15, 0.2) is 0 Å². The van der Waals surface area contributed by atoms with Gasteiger partial charge in [-0.1, -0.05) is 13.3 Å². The Morgan fingerprint density at radius 1 is 1.20 bits per heavy atom. The summed E-state index contributed by atoms with van der Waals surface area (Å²) in [5.41, 5.74) is 0. The van der Waals surface area contributed by atoms with Crippen LogP contribution >= 0.6 is 12.4 Å². The van der Waals surface area contributed by atoms with Gasteiger partial charge in [-0.25, -0.2) is 0 Å². The number of nitrogens with zero attached hydrogens (tertiary/aromatic N) is 1. The van der Waals surface area contributed by atoms with Crippen molar-refractivity contribution in [1.29, 1.82) is 0 Å². The minimum atomic E-state index is 0. The lowest BCUT2D eigenvalue weighted by atomic mass is 9.85. The molecule has 2 saturated heterocycles. The number of carbonyl (C=O) groups is 1. The second-order valence-electron chi connectivity index (χ2n) is 7.04. The fourth-order valence-electron chi connectivity index (χ4n) is 4.37. The second-order valence-corrected chi connectivity index (χ2v) is 7.04. The molecule has 20 heavy (non-hydrogen) atoms. The minimum absolute atomic E-state index is 0. The molecule has 1 aliphatic carbocycles. The number of hydrogen-bond acceptors (Lipinski definition) is 2. The number of likely N-dealkylation sites (tertiary alicyclic amines) is 1. The molecular formula is C16H29ClN2O. The van der Waals surface area contributed by atoms with Crippen LogP contribution in [0.2, 0.25) is 0 Å². The van der Waals surface area contributed by atoms with Crippen molar-refractivity contribution in [2.45, 2.75) is 45.4 Å². The number of hydrogen-bond donors (Lipinski definition) is 1. The van der Waals surface area contributed by atoms with Crippen LogP contribution < -0.4 is 5.32 Å². The van der Waals surface area contributed by atoms with Crippen LogP contribution in [0.3, 0.4) is 0 Å². The smallest absolute Gasteiger partial charge is 0.222 e. The molecule has 0 radical (unpaired) electrons. The molecule has 0 aromatic heterocycles. The molecule has 2 heterocycles. The molecule has 3 nitrogen and oxygen atoms in total. The van der Waals surface area contributed by atoms with E-state index >= 15 is 0 Å². The van der Waals surface area contributed by atoms with Crippen LogP contribution in [0.25, 0.3) is 0 Å². The van der Waals surface area contributed by atoms with Gasteiger partial charge in [0.2, 0.25) is 5.91 Å². The normalized spacial score (nSPS) is 34.5. The van der Waals surface area contributed by atoms with E-state index in [9.17, 15) is 4.79 Å². The summed E-state index contributed by atoms with van der Waals surface area (Å²) in [6, 6.07) is 0. The molecule has 0 aromatic rings. The standard InChI is InChI=1S/C16H28N2O.ClH/c1-12(13-6-3-7-17-9-13)8-16(19)18-10-14-4-2-5-15(14)11-18;/h12-15,17H,2-11H2,1H3;1H. The zero-order valence-corrected chi connectivity index (χ0v) is 13.5. The monoisotopic (exact) mass is 300 g/mol. The molecule has 3 aliphatic rings. The summed E-state index contributed by atoms with van der Waals surface area (Å²) >= 11 is 0. The van der Waals surface area contributed by atoms with Crippen molar-refractivity contribution in [3.63, 3.8) is 0 Å². The van der Waals surface area contributed by atoms with Crippen LogP contribution in [0.4, 0.5) is 0 Å². The Hall–Kier alpha value is -0.280. The number of amides is 1. The molecule has 1 amide bonds. The van der Waals surface area contributed by atoms with Gasteiger partial charge in [0.1, 0.15) is 0 Å². The van der Waals surface area contributed by atoms with Crippen LogP contribution in [0.1, 0.15) is 45.4 Å². The quantitative estimate of drug-likeness (QED) is 0.869. The Labute approximate surface area is 129 Å². The number of halogens is 1. The molecule has 0 bridgehead atoms. The van der Waals surface area contributed by atoms with E-state index in [0.717, 1.165) is 44.4 Å². The number of rotatable bonds is 3. The molecule has 1 saturated carbocycles. The van der Waals surface area contributed by atoms with Crippen LogP contribution in [-0.4, -0.2) is 37.0 Å². The summed E-state index contributed by atoms with van der Waals surface area (Å²) in [4.78, 5) is 14.6. The van der Waals surface area contributed by atoms with Crippen molar-refractivity contribution >= 4 is 18.3 Å². The van der Waals surface area contributed by atoms with Gasteiger partial charge in [-0.15, -0.1) is 12.4 Å². The molecular weight excluding hydrogens is 272 g/mol. The highest BCUT2D eigenvalue weighted by molar-refractivity contribution is 5.85. The zero-order valence-electron chi connectivity index (χ0n) is 12.6. The maximum absolute atomic E-state index is 12.4.